The molecule has 11 nitrogen and oxygen atoms in total. The molecule has 1 amide bonds. The van der Waals surface area contributed by atoms with Gasteiger partial charge in [0.25, 0.3) is 5.91 Å². The van der Waals surface area contributed by atoms with E-state index in [4.69, 9.17) is 14.2 Å². The number of aromatic amines is 2. The number of H-pyrrole nitrogens is 2. The molecule has 188 valence electrons. The molecule has 4 aromatic rings. The zero-order chi connectivity index (χ0) is 25.5. The Labute approximate surface area is 209 Å². The Kier molecular flexibility index (Phi) is 5.48. The number of fused-ring (bicyclic) bond motifs is 2. The first-order valence-corrected chi connectivity index (χ1v) is 11.5. The summed E-state index contributed by atoms with van der Waals surface area (Å²) in [6.07, 6.45) is 5.90. The predicted molar refractivity (Wildman–Crippen MR) is 131 cm³/mol. The fourth-order valence-electron chi connectivity index (χ4n) is 4.34. The highest BCUT2D eigenvalue weighted by Crippen LogP contribution is 2.36. The molecular formula is C25H22FN7O4. The fourth-order valence-corrected chi connectivity index (χ4v) is 4.34. The van der Waals surface area contributed by atoms with Crippen molar-refractivity contribution in [3.63, 3.8) is 0 Å². The van der Waals surface area contributed by atoms with Crippen LogP contribution in [0.15, 0.2) is 54.3 Å². The van der Waals surface area contributed by atoms with Crippen molar-refractivity contribution >= 4 is 28.4 Å². The second kappa shape index (κ2) is 8.97. The number of aryl methyl sites for hydroxylation is 1. The van der Waals surface area contributed by atoms with Crippen molar-refractivity contribution in [2.45, 2.75) is 19.3 Å². The number of nitrogens with zero attached hydrogens (tertiary/aromatic N) is 3. The van der Waals surface area contributed by atoms with Crippen LogP contribution in [0.2, 0.25) is 0 Å². The van der Waals surface area contributed by atoms with Crippen LogP contribution in [0.1, 0.15) is 34.1 Å². The number of allylic oxidation sites excluding steroid dienone is 2. The van der Waals surface area contributed by atoms with E-state index in [0.29, 0.717) is 22.5 Å². The monoisotopic (exact) mass is 503 g/mol. The predicted octanol–water partition coefficient (Wildman–Crippen LogP) is 4.28. The van der Waals surface area contributed by atoms with Gasteiger partial charge in [-0.15, -0.1) is 0 Å². The molecule has 2 aliphatic rings. The summed E-state index contributed by atoms with van der Waals surface area (Å²) in [7, 11) is 1.47. The number of amides is 1. The van der Waals surface area contributed by atoms with E-state index in [1.165, 1.54) is 19.4 Å². The minimum absolute atomic E-state index is 0.00293. The minimum Gasteiger partial charge on any atom is -0.454 e. The Morgan fingerprint density at radius 2 is 2.08 bits per heavy atom. The molecule has 0 radical (unpaired) electrons. The quantitative estimate of drug-likeness (QED) is 0.306. The SMILES string of the molecule is CNC(=O)c1c(Nc2cc(C3C=C4OCOC4=CC3)[nH]n2)ncnc1Oc1ccc2[nH]c(C)cc2c1F. The number of halogens is 1. The van der Waals surface area contributed by atoms with Crippen LogP contribution in [-0.2, 0) is 9.47 Å². The number of hydrogen-bond acceptors (Lipinski definition) is 8. The first-order chi connectivity index (χ1) is 18.0. The summed E-state index contributed by atoms with van der Waals surface area (Å²) in [5, 5.41) is 13.3. The Hall–Kier alpha value is -4.87. The molecule has 3 aromatic heterocycles. The maximum atomic E-state index is 15.1. The number of aromatic nitrogens is 5. The van der Waals surface area contributed by atoms with E-state index in [0.717, 1.165) is 23.6 Å². The molecular weight excluding hydrogens is 481 g/mol. The van der Waals surface area contributed by atoms with Gasteiger partial charge in [0.1, 0.15) is 11.9 Å². The van der Waals surface area contributed by atoms with Crippen molar-refractivity contribution < 1.29 is 23.4 Å². The fraction of sp³-hybridized carbons (Fsp3) is 0.200. The summed E-state index contributed by atoms with van der Waals surface area (Å²) in [5.74, 6) is 0.799. The van der Waals surface area contributed by atoms with Crippen molar-refractivity contribution in [1.29, 1.82) is 0 Å². The number of benzene rings is 1. The van der Waals surface area contributed by atoms with Gasteiger partial charge in [-0.3, -0.25) is 9.89 Å². The molecule has 6 rings (SSSR count). The Balaban J connectivity index is 1.29. The number of rotatable bonds is 6. The Morgan fingerprint density at radius 1 is 1.22 bits per heavy atom. The van der Waals surface area contributed by atoms with Gasteiger partial charge in [0, 0.05) is 41.3 Å². The smallest absolute Gasteiger partial charge is 0.260 e. The van der Waals surface area contributed by atoms with E-state index < -0.39 is 11.7 Å². The third kappa shape index (κ3) is 4.11. The van der Waals surface area contributed by atoms with E-state index in [-0.39, 0.29) is 35.7 Å². The lowest BCUT2D eigenvalue weighted by molar-refractivity contribution is 0.0959. The summed E-state index contributed by atoms with van der Waals surface area (Å²) in [4.78, 5) is 24.2. The van der Waals surface area contributed by atoms with Crippen LogP contribution in [0.5, 0.6) is 11.6 Å². The zero-order valence-electron chi connectivity index (χ0n) is 19.9. The third-order valence-electron chi connectivity index (χ3n) is 6.14. The lowest BCUT2D eigenvalue weighted by atomic mass is 9.96. The largest absolute Gasteiger partial charge is 0.454 e. The average Bonchev–Trinajstić information content (AvgIpc) is 3.64. The molecule has 1 aliphatic heterocycles. The van der Waals surface area contributed by atoms with Gasteiger partial charge in [-0.1, -0.05) is 0 Å². The Morgan fingerprint density at radius 3 is 2.95 bits per heavy atom. The molecule has 4 heterocycles. The second-order valence-electron chi connectivity index (χ2n) is 8.56. The van der Waals surface area contributed by atoms with Crippen molar-refractivity contribution in [3.8, 4) is 11.6 Å². The van der Waals surface area contributed by atoms with Crippen LogP contribution >= 0.6 is 0 Å². The van der Waals surface area contributed by atoms with Crippen LogP contribution < -0.4 is 15.4 Å². The van der Waals surface area contributed by atoms with Gasteiger partial charge in [-0.05, 0) is 43.7 Å². The number of carbonyl (C=O) groups is 1. The molecule has 1 saturated heterocycles. The molecule has 0 saturated carbocycles. The van der Waals surface area contributed by atoms with Crippen LogP contribution in [0, 0.1) is 12.7 Å². The van der Waals surface area contributed by atoms with Crippen LogP contribution in [-0.4, -0.2) is 44.9 Å². The van der Waals surface area contributed by atoms with Crippen LogP contribution in [0.25, 0.3) is 10.9 Å². The summed E-state index contributed by atoms with van der Waals surface area (Å²) in [6.45, 7) is 2.05. The first-order valence-electron chi connectivity index (χ1n) is 11.5. The van der Waals surface area contributed by atoms with Gasteiger partial charge < -0.3 is 29.8 Å². The highest BCUT2D eigenvalue weighted by atomic mass is 19.1. The molecule has 12 heteroatoms. The van der Waals surface area contributed by atoms with Gasteiger partial charge in [0.15, 0.2) is 34.7 Å². The second-order valence-corrected chi connectivity index (χ2v) is 8.56. The maximum Gasteiger partial charge on any atom is 0.260 e. The summed E-state index contributed by atoms with van der Waals surface area (Å²) in [5.41, 5.74) is 2.29. The van der Waals surface area contributed by atoms with Gasteiger partial charge in [0.2, 0.25) is 12.7 Å². The van der Waals surface area contributed by atoms with Gasteiger partial charge in [-0.25, -0.2) is 14.4 Å². The number of nitrogens with one attached hydrogen (secondary N) is 4. The zero-order valence-corrected chi connectivity index (χ0v) is 19.9. The normalized spacial score (nSPS) is 16.4. The summed E-state index contributed by atoms with van der Waals surface area (Å²) >= 11 is 0. The lowest BCUT2D eigenvalue weighted by Gasteiger charge is -2.14. The van der Waals surface area contributed by atoms with Crippen molar-refractivity contribution in [2.24, 2.45) is 0 Å². The van der Waals surface area contributed by atoms with Gasteiger partial charge in [-0.2, -0.15) is 5.10 Å². The van der Waals surface area contributed by atoms with E-state index in [9.17, 15) is 4.79 Å². The molecule has 1 atom stereocenters. The number of ether oxygens (including phenoxy) is 3. The maximum absolute atomic E-state index is 15.1. The van der Waals surface area contributed by atoms with E-state index in [1.54, 1.807) is 12.1 Å². The lowest BCUT2D eigenvalue weighted by Crippen LogP contribution is -2.21. The van der Waals surface area contributed by atoms with E-state index >= 15 is 4.39 Å². The molecule has 1 unspecified atom stereocenters. The van der Waals surface area contributed by atoms with Gasteiger partial charge >= 0.3 is 0 Å². The van der Waals surface area contributed by atoms with Crippen molar-refractivity contribution in [2.75, 3.05) is 19.2 Å². The number of hydrogen-bond donors (Lipinski definition) is 4. The summed E-state index contributed by atoms with van der Waals surface area (Å²) in [6, 6.07) is 6.68. The standard InChI is InChI=1S/C25H22FN7O4/c1-12-7-14-15(30-12)4-6-18(22(14)26)37-25-21(24(34)27-2)23(28-10-29-25)31-20-9-16(32-33-20)13-3-5-17-19(8-13)36-11-35-17/h4-10,13,30H,3,11H2,1-2H3,(H,27,34)(H2,28,29,31,32,33). The number of carbonyl (C=O) groups excluding carboxylic acids is 1. The molecule has 37 heavy (non-hydrogen) atoms. The molecule has 4 N–H and O–H groups in total. The van der Waals surface area contributed by atoms with E-state index in [1.807, 2.05) is 25.1 Å². The molecule has 0 spiro atoms. The van der Waals surface area contributed by atoms with E-state index in [2.05, 4.69) is 35.8 Å². The van der Waals surface area contributed by atoms with Gasteiger partial charge in [0.05, 0.1) is 0 Å². The first kappa shape index (κ1) is 22.6. The molecule has 0 bridgehead atoms. The Bertz CT molecular complexity index is 1590. The molecule has 1 aliphatic carbocycles. The third-order valence-corrected chi connectivity index (χ3v) is 6.14. The van der Waals surface area contributed by atoms with Crippen molar-refractivity contribution in [3.05, 3.63) is 77.0 Å². The number of anilines is 2. The summed E-state index contributed by atoms with van der Waals surface area (Å²) < 4.78 is 31.8. The van der Waals surface area contributed by atoms with Crippen LogP contribution in [0.3, 0.4) is 0 Å². The molecule has 1 fully saturated rings. The molecule has 1 aromatic carbocycles. The van der Waals surface area contributed by atoms with Crippen LogP contribution in [0.4, 0.5) is 16.0 Å². The topological polar surface area (TPSA) is 139 Å². The minimum atomic E-state index is -0.565. The van der Waals surface area contributed by atoms with Crippen molar-refractivity contribution in [1.82, 2.24) is 30.5 Å². The highest BCUT2D eigenvalue weighted by Gasteiger charge is 2.26. The highest BCUT2D eigenvalue weighted by molar-refractivity contribution is 6.01. The average molecular weight is 503 g/mol.